The summed E-state index contributed by atoms with van der Waals surface area (Å²) in [6.07, 6.45) is 0. The lowest BCUT2D eigenvalue weighted by atomic mass is 10.2. The van der Waals surface area contributed by atoms with Crippen LogP contribution in [-0.2, 0) is 0 Å². The number of aromatic nitrogens is 1. The topological polar surface area (TPSA) is 22.1 Å². The summed E-state index contributed by atoms with van der Waals surface area (Å²) in [6.45, 7) is 0. The highest BCUT2D eigenvalue weighted by atomic mass is 32.1. The average Bonchev–Trinajstić information content (AvgIpc) is 2.67. The zero-order valence-electron chi connectivity index (χ0n) is 7.53. The van der Waals surface area contributed by atoms with Crippen molar-refractivity contribution in [3.63, 3.8) is 0 Å². The number of hydrogen-bond acceptors (Lipinski definition) is 3. The molecular weight excluding hydrogens is 201 g/mol. The number of methoxy groups -OCH3 is 1. The van der Waals surface area contributed by atoms with Crippen LogP contribution in [0, 0.1) is 5.82 Å². The second kappa shape index (κ2) is 3.75. The summed E-state index contributed by atoms with van der Waals surface area (Å²) in [5.74, 6) is -0.240. The van der Waals surface area contributed by atoms with Crippen molar-refractivity contribution >= 4 is 11.3 Å². The standard InChI is InChI=1S/C10H8FNOS/c1-13-10-12-9(6-14-10)7-2-4-8(11)5-3-7/h2-6H,1H3. The first kappa shape index (κ1) is 9.15. The van der Waals surface area contributed by atoms with Crippen LogP contribution in [0.15, 0.2) is 29.6 Å². The van der Waals surface area contributed by atoms with Gasteiger partial charge in [0.15, 0.2) is 0 Å². The van der Waals surface area contributed by atoms with E-state index in [1.807, 2.05) is 5.38 Å². The molecule has 0 aliphatic rings. The molecule has 1 aromatic heterocycles. The summed E-state index contributed by atoms with van der Waals surface area (Å²) in [7, 11) is 1.58. The molecule has 14 heavy (non-hydrogen) atoms. The predicted octanol–water partition coefficient (Wildman–Crippen LogP) is 2.96. The maximum absolute atomic E-state index is 12.6. The molecular formula is C10H8FNOS. The van der Waals surface area contributed by atoms with Gasteiger partial charge in [0, 0.05) is 10.9 Å². The second-order valence-electron chi connectivity index (χ2n) is 2.71. The van der Waals surface area contributed by atoms with E-state index >= 15 is 0 Å². The molecule has 2 nitrogen and oxygen atoms in total. The fourth-order valence-electron chi connectivity index (χ4n) is 1.10. The van der Waals surface area contributed by atoms with Gasteiger partial charge in [-0.3, -0.25) is 0 Å². The van der Waals surface area contributed by atoms with E-state index in [9.17, 15) is 4.39 Å². The highest BCUT2D eigenvalue weighted by molar-refractivity contribution is 7.11. The molecule has 0 bridgehead atoms. The number of benzene rings is 1. The van der Waals surface area contributed by atoms with Crippen LogP contribution in [0.25, 0.3) is 11.3 Å². The van der Waals surface area contributed by atoms with Gasteiger partial charge in [-0.15, -0.1) is 0 Å². The van der Waals surface area contributed by atoms with Gasteiger partial charge in [-0.1, -0.05) is 11.3 Å². The quantitative estimate of drug-likeness (QED) is 0.758. The summed E-state index contributed by atoms with van der Waals surface area (Å²) in [5, 5.41) is 2.50. The molecule has 0 fully saturated rings. The predicted molar refractivity (Wildman–Crippen MR) is 54.1 cm³/mol. The molecule has 1 aromatic carbocycles. The van der Waals surface area contributed by atoms with Crippen molar-refractivity contribution in [1.82, 2.24) is 4.98 Å². The molecule has 2 aromatic rings. The Hall–Kier alpha value is -1.42. The molecule has 0 spiro atoms. The fraction of sp³-hybridized carbons (Fsp3) is 0.100. The van der Waals surface area contributed by atoms with Gasteiger partial charge in [-0.05, 0) is 24.3 Å². The summed E-state index contributed by atoms with van der Waals surface area (Å²) >= 11 is 1.42. The maximum atomic E-state index is 12.6. The van der Waals surface area contributed by atoms with E-state index in [-0.39, 0.29) is 5.82 Å². The van der Waals surface area contributed by atoms with Crippen LogP contribution in [0.3, 0.4) is 0 Å². The minimum Gasteiger partial charge on any atom is -0.473 e. The minimum atomic E-state index is -0.240. The van der Waals surface area contributed by atoms with Gasteiger partial charge >= 0.3 is 0 Å². The first-order valence-electron chi connectivity index (χ1n) is 4.05. The Morgan fingerprint density at radius 2 is 2.00 bits per heavy atom. The summed E-state index contributed by atoms with van der Waals surface area (Å²) in [4.78, 5) is 4.20. The SMILES string of the molecule is COc1nc(-c2ccc(F)cc2)cs1. The Morgan fingerprint density at radius 1 is 1.29 bits per heavy atom. The van der Waals surface area contributed by atoms with Crippen molar-refractivity contribution in [2.45, 2.75) is 0 Å². The number of halogens is 1. The van der Waals surface area contributed by atoms with E-state index in [1.165, 1.54) is 23.5 Å². The molecule has 0 radical (unpaired) electrons. The molecule has 0 amide bonds. The van der Waals surface area contributed by atoms with Crippen molar-refractivity contribution in [3.05, 3.63) is 35.5 Å². The van der Waals surface area contributed by atoms with E-state index in [1.54, 1.807) is 19.2 Å². The lowest BCUT2D eigenvalue weighted by Crippen LogP contribution is -1.82. The zero-order valence-corrected chi connectivity index (χ0v) is 8.34. The van der Waals surface area contributed by atoms with E-state index in [2.05, 4.69) is 4.98 Å². The lowest BCUT2D eigenvalue weighted by Gasteiger charge is -1.95. The molecule has 0 N–H and O–H groups in total. The van der Waals surface area contributed by atoms with E-state index in [0.29, 0.717) is 5.19 Å². The first-order valence-corrected chi connectivity index (χ1v) is 4.93. The molecule has 0 atom stereocenters. The number of rotatable bonds is 2. The maximum Gasteiger partial charge on any atom is 0.273 e. The van der Waals surface area contributed by atoms with Crippen molar-refractivity contribution < 1.29 is 9.13 Å². The molecule has 0 saturated heterocycles. The summed E-state index contributed by atoms with van der Waals surface area (Å²) < 4.78 is 17.6. The van der Waals surface area contributed by atoms with E-state index < -0.39 is 0 Å². The number of nitrogens with zero attached hydrogens (tertiary/aromatic N) is 1. The number of hydrogen-bond donors (Lipinski definition) is 0. The largest absolute Gasteiger partial charge is 0.473 e. The van der Waals surface area contributed by atoms with Crippen molar-refractivity contribution in [2.24, 2.45) is 0 Å². The van der Waals surface area contributed by atoms with Gasteiger partial charge in [0.1, 0.15) is 5.82 Å². The average molecular weight is 209 g/mol. The smallest absolute Gasteiger partial charge is 0.273 e. The Labute approximate surface area is 85.0 Å². The Bertz CT molecular complexity index is 424. The normalized spacial score (nSPS) is 10.1. The lowest BCUT2D eigenvalue weighted by molar-refractivity contribution is 0.412. The van der Waals surface area contributed by atoms with Gasteiger partial charge in [0.25, 0.3) is 5.19 Å². The number of thiazole rings is 1. The Kier molecular flexibility index (Phi) is 2.45. The molecule has 0 unspecified atom stereocenters. The van der Waals surface area contributed by atoms with Crippen LogP contribution in [0.2, 0.25) is 0 Å². The van der Waals surface area contributed by atoms with Crippen molar-refractivity contribution in [3.8, 4) is 16.5 Å². The van der Waals surface area contributed by atoms with Gasteiger partial charge in [0.2, 0.25) is 0 Å². The monoisotopic (exact) mass is 209 g/mol. The molecule has 4 heteroatoms. The van der Waals surface area contributed by atoms with Crippen LogP contribution in [-0.4, -0.2) is 12.1 Å². The van der Waals surface area contributed by atoms with Crippen LogP contribution in [0.4, 0.5) is 4.39 Å². The first-order chi connectivity index (χ1) is 6.79. The molecule has 0 saturated carbocycles. The van der Waals surface area contributed by atoms with Gasteiger partial charge in [0.05, 0.1) is 12.8 Å². The Morgan fingerprint density at radius 3 is 2.57 bits per heavy atom. The zero-order chi connectivity index (χ0) is 9.97. The number of ether oxygens (including phenoxy) is 1. The summed E-state index contributed by atoms with van der Waals surface area (Å²) in [5.41, 5.74) is 1.71. The molecule has 72 valence electrons. The van der Waals surface area contributed by atoms with Crippen LogP contribution < -0.4 is 4.74 Å². The second-order valence-corrected chi connectivity index (χ2v) is 3.53. The van der Waals surface area contributed by atoms with Gasteiger partial charge in [-0.25, -0.2) is 9.37 Å². The molecule has 2 rings (SSSR count). The highest BCUT2D eigenvalue weighted by Gasteiger charge is 2.03. The van der Waals surface area contributed by atoms with Crippen molar-refractivity contribution in [2.75, 3.05) is 7.11 Å². The fourth-order valence-corrected chi connectivity index (χ4v) is 1.75. The third-order valence-corrected chi connectivity index (χ3v) is 2.60. The molecule has 0 aliphatic heterocycles. The van der Waals surface area contributed by atoms with Gasteiger partial charge in [-0.2, -0.15) is 0 Å². The highest BCUT2D eigenvalue weighted by Crippen LogP contribution is 2.25. The minimum absolute atomic E-state index is 0.240. The van der Waals surface area contributed by atoms with Crippen LogP contribution in [0.5, 0.6) is 5.19 Å². The molecule has 0 aliphatic carbocycles. The van der Waals surface area contributed by atoms with E-state index in [0.717, 1.165) is 11.3 Å². The van der Waals surface area contributed by atoms with Gasteiger partial charge < -0.3 is 4.74 Å². The molecule has 1 heterocycles. The Balaban J connectivity index is 2.34. The van der Waals surface area contributed by atoms with E-state index in [4.69, 9.17) is 4.74 Å². The van der Waals surface area contributed by atoms with Crippen LogP contribution in [0.1, 0.15) is 0 Å². The third-order valence-electron chi connectivity index (χ3n) is 1.80. The third kappa shape index (κ3) is 1.75. The summed E-state index contributed by atoms with van der Waals surface area (Å²) in [6, 6.07) is 6.23. The van der Waals surface area contributed by atoms with Crippen LogP contribution >= 0.6 is 11.3 Å². The van der Waals surface area contributed by atoms with Crippen molar-refractivity contribution in [1.29, 1.82) is 0 Å².